The second kappa shape index (κ2) is 4.96. The molecule has 0 atom stereocenters. The van der Waals surface area contributed by atoms with Crippen LogP contribution in [0, 0.1) is 10.1 Å². The Morgan fingerprint density at radius 3 is 3.00 bits per heavy atom. The molecule has 14 heavy (non-hydrogen) atoms. The topological polar surface area (TPSA) is 68.1 Å². The SMILES string of the molecule is CC/C(=C/Nc1ccccn1)[N+](=O)[O-]. The van der Waals surface area contributed by atoms with Crippen LogP contribution in [-0.4, -0.2) is 9.91 Å². The third-order valence-electron chi connectivity index (χ3n) is 1.65. The highest BCUT2D eigenvalue weighted by Gasteiger charge is 2.05. The van der Waals surface area contributed by atoms with Crippen LogP contribution < -0.4 is 5.32 Å². The van der Waals surface area contributed by atoms with E-state index in [1.165, 1.54) is 6.20 Å². The molecule has 0 saturated carbocycles. The van der Waals surface area contributed by atoms with Gasteiger partial charge in [-0.3, -0.25) is 10.1 Å². The Bertz CT molecular complexity index is 335. The second-order valence-corrected chi connectivity index (χ2v) is 2.61. The fraction of sp³-hybridized carbons (Fsp3) is 0.222. The maximum atomic E-state index is 10.4. The molecular formula is C9H11N3O2. The van der Waals surface area contributed by atoms with Crippen molar-refractivity contribution >= 4 is 5.82 Å². The van der Waals surface area contributed by atoms with Crippen molar-refractivity contribution in [2.24, 2.45) is 0 Å². The number of anilines is 1. The van der Waals surface area contributed by atoms with Gasteiger partial charge < -0.3 is 5.32 Å². The number of allylic oxidation sites excluding steroid dienone is 1. The maximum Gasteiger partial charge on any atom is 0.261 e. The lowest BCUT2D eigenvalue weighted by Gasteiger charge is -1.98. The van der Waals surface area contributed by atoms with E-state index >= 15 is 0 Å². The molecule has 5 heteroatoms. The fourth-order valence-corrected chi connectivity index (χ4v) is 0.889. The van der Waals surface area contributed by atoms with Gasteiger partial charge in [-0.2, -0.15) is 0 Å². The summed E-state index contributed by atoms with van der Waals surface area (Å²) in [6, 6.07) is 5.33. The molecule has 0 aliphatic rings. The maximum absolute atomic E-state index is 10.4. The molecule has 1 aromatic heterocycles. The van der Waals surface area contributed by atoms with E-state index in [9.17, 15) is 10.1 Å². The zero-order valence-electron chi connectivity index (χ0n) is 7.80. The largest absolute Gasteiger partial charge is 0.341 e. The number of hydrogen-bond acceptors (Lipinski definition) is 4. The normalized spacial score (nSPS) is 11.1. The first-order valence-electron chi connectivity index (χ1n) is 4.25. The van der Waals surface area contributed by atoms with Crippen molar-refractivity contribution in [1.29, 1.82) is 0 Å². The van der Waals surface area contributed by atoms with Gasteiger partial charge in [0.1, 0.15) is 5.82 Å². The smallest absolute Gasteiger partial charge is 0.261 e. The summed E-state index contributed by atoms with van der Waals surface area (Å²) < 4.78 is 0. The highest BCUT2D eigenvalue weighted by molar-refractivity contribution is 5.36. The van der Waals surface area contributed by atoms with Crippen molar-refractivity contribution in [1.82, 2.24) is 4.98 Å². The summed E-state index contributed by atoms with van der Waals surface area (Å²) in [5.74, 6) is 0.598. The van der Waals surface area contributed by atoms with Gasteiger partial charge in [0.2, 0.25) is 0 Å². The number of aromatic nitrogens is 1. The third kappa shape index (κ3) is 2.85. The van der Waals surface area contributed by atoms with Crippen LogP contribution in [0.1, 0.15) is 13.3 Å². The number of nitrogens with zero attached hydrogens (tertiary/aromatic N) is 2. The summed E-state index contributed by atoms with van der Waals surface area (Å²) in [6.07, 6.45) is 3.36. The summed E-state index contributed by atoms with van der Waals surface area (Å²) in [5, 5.41) is 13.2. The molecule has 1 aromatic rings. The van der Waals surface area contributed by atoms with Crippen LogP contribution in [0.4, 0.5) is 5.82 Å². The zero-order valence-corrected chi connectivity index (χ0v) is 7.80. The lowest BCUT2D eigenvalue weighted by molar-refractivity contribution is -0.427. The van der Waals surface area contributed by atoms with E-state index in [0.717, 1.165) is 0 Å². The first-order valence-corrected chi connectivity index (χ1v) is 4.25. The van der Waals surface area contributed by atoms with Crippen LogP contribution in [0.15, 0.2) is 36.3 Å². The first kappa shape index (κ1) is 10.2. The molecule has 1 heterocycles. The van der Waals surface area contributed by atoms with Crippen molar-refractivity contribution in [2.45, 2.75) is 13.3 Å². The van der Waals surface area contributed by atoms with Crippen molar-refractivity contribution < 1.29 is 4.92 Å². The molecule has 0 aromatic carbocycles. The van der Waals surface area contributed by atoms with E-state index in [0.29, 0.717) is 12.2 Å². The molecule has 0 radical (unpaired) electrons. The van der Waals surface area contributed by atoms with Crippen LogP contribution in [0.5, 0.6) is 0 Å². The van der Waals surface area contributed by atoms with Crippen LogP contribution in [0.25, 0.3) is 0 Å². The summed E-state index contributed by atoms with van der Waals surface area (Å²) in [5.41, 5.74) is 0.135. The Kier molecular flexibility index (Phi) is 3.60. The number of rotatable bonds is 4. The lowest BCUT2D eigenvalue weighted by Crippen LogP contribution is -2.01. The monoisotopic (exact) mass is 193 g/mol. The highest BCUT2D eigenvalue weighted by Crippen LogP contribution is 2.04. The second-order valence-electron chi connectivity index (χ2n) is 2.61. The molecule has 0 aliphatic carbocycles. The van der Waals surface area contributed by atoms with E-state index in [-0.39, 0.29) is 5.70 Å². The number of nitrogens with one attached hydrogen (secondary N) is 1. The predicted molar refractivity (Wildman–Crippen MR) is 53.2 cm³/mol. The van der Waals surface area contributed by atoms with E-state index < -0.39 is 4.92 Å². The number of hydrogen-bond donors (Lipinski definition) is 1. The van der Waals surface area contributed by atoms with Gasteiger partial charge in [0.25, 0.3) is 5.70 Å². The van der Waals surface area contributed by atoms with E-state index in [1.807, 2.05) is 0 Å². The minimum absolute atomic E-state index is 0.135. The Morgan fingerprint density at radius 1 is 1.71 bits per heavy atom. The Labute approximate surface area is 81.6 Å². The van der Waals surface area contributed by atoms with Gasteiger partial charge in [-0.1, -0.05) is 13.0 Å². The number of nitro groups is 1. The van der Waals surface area contributed by atoms with Gasteiger partial charge in [-0.15, -0.1) is 0 Å². The van der Waals surface area contributed by atoms with E-state index in [2.05, 4.69) is 10.3 Å². The quantitative estimate of drug-likeness (QED) is 0.586. The standard InChI is InChI=1S/C9H11N3O2/c1-2-8(12(13)14)7-11-9-5-3-4-6-10-9/h3-7H,2H2,1H3,(H,10,11)/b8-7-. The summed E-state index contributed by atoms with van der Waals surface area (Å²) >= 11 is 0. The minimum atomic E-state index is -0.407. The minimum Gasteiger partial charge on any atom is -0.341 e. The third-order valence-corrected chi connectivity index (χ3v) is 1.65. The van der Waals surface area contributed by atoms with Crippen LogP contribution >= 0.6 is 0 Å². The molecule has 74 valence electrons. The van der Waals surface area contributed by atoms with Gasteiger partial charge >= 0.3 is 0 Å². The van der Waals surface area contributed by atoms with Crippen LogP contribution in [-0.2, 0) is 0 Å². The molecule has 0 fully saturated rings. The zero-order chi connectivity index (χ0) is 10.4. The molecule has 5 nitrogen and oxygen atoms in total. The predicted octanol–water partition coefficient (Wildman–Crippen LogP) is 2.02. The van der Waals surface area contributed by atoms with Gasteiger partial charge in [-0.25, -0.2) is 4.98 Å². The summed E-state index contributed by atoms with van der Waals surface area (Å²) in [7, 11) is 0. The molecule has 0 amide bonds. The average molecular weight is 193 g/mol. The van der Waals surface area contributed by atoms with Crippen molar-refractivity contribution in [3.8, 4) is 0 Å². The lowest BCUT2D eigenvalue weighted by atomic mass is 10.4. The van der Waals surface area contributed by atoms with Crippen LogP contribution in [0.3, 0.4) is 0 Å². The van der Waals surface area contributed by atoms with Crippen LogP contribution in [0.2, 0.25) is 0 Å². The van der Waals surface area contributed by atoms with Gasteiger partial charge in [-0.05, 0) is 12.1 Å². The van der Waals surface area contributed by atoms with Crippen molar-refractivity contribution in [2.75, 3.05) is 5.32 Å². The fourth-order valence-electron chi connectivity index (χ4n) is 0.889. The molecule has 0 saturated heterocycles. The Hall–Kier alpha value is -1.91. The molecule has 0 unspecified atom stereocenters. The Morgan fingerprint density at radius 2 is 2.50 bits per heavy atom. The molecule has 0 aliphatic heterocycles. The molecule has 0 bridgehead atoms. The molecule has 1 N–H and O–H groups in total. The molecule has 0 spiro atoms. The first-order chi connectivity index (χ1) is 6.74. The van der Waals surface area contributed by atoms with E-state index in [4.69, 9.17) is 0 Å². The average Bonchev–Trinajstić information content (AvgIpc) is 2.20. The highest BCUT2D eigenvalue weighted by atomic mass is 16.6. The number of pyridine rings is 1. The van der Waals surface area contributed by atoms with Crippen molar-refractivity contribution in [3.63, 3.8) is 0 Å². The van der Waals surface area contributed by atoms with Crippen molar-refractivity contribution in [3.05, 3.63) is 46.4 Å². The molecular weight excluding hydrogens is 182 g/mol. The summed E-state index contributed by atoms with van der Waals surface area (Å²) in [6.45, 7) is 1.73. The van der Waals surface area contributed by atoms with E-state index in [1.54, 1.807) is 31.3 Å². The van der Waals surface area contributed by atoms with Gasteiger partial charge in [0.05, 0.1) is 11.1 Å². The Balaban J connectivity index is 2.66. The van der Waals surface area contributed by atoms with Gasteiger partial charge in [0, 0.05) is 12.6 Å². The van der Waals surface area contributed by atoms with Gasteiger partial charge in [0.15, 0.2) is 0 Å². The summed E-state index contributed by atoms with van der Waals surface area (Å²) in [4.78, 5) is 14.0. The molecule has 1 rings (SSSR count).